The van der Waals surface area contributed by atoms with E-state index >= 15 is 0 Å². The van der Waals surface area contributed by atoms with Crippen LogP contribution in [0, 0.1) is 17.7 Å². The smallest absolute Gasteiger partial charge is 0.419 e. The van der Waals surface area contributed by atoms with Gasteiger partial charge in [-0.25, -0.2) is 13.9 Å². The van der Waals surface area contributed by atoms with Crippen molar-refractivity contribution in [2.75, 3.05) is 18.4 Å². The second-order valence-corrected chi connectivity index (χ2v) is 8.45. The second-order valence-electron chi connectivity index (χ2n) is 8.45. The summed E-state index contributed by atoms with van der Waals surface area (Å²) in [6, 6.07) is 2.13. The number of carboxylic acid groups (broad SMARTS) is 1. The lowest BCUT2D eigenvalue weighted by molar-refractivity contribution is -0.140. The monoisotopic (exact) mass is 457 g/mol. The van der Waals surface area contributed by atoms with Crippen LogP contribution in [-0.4, -0.2) is 50.0 Å². The zero-order chi connectivity index (χ0) is 23.2. The minimum atomic E-state index is -4.86. The number of likely N-dealkylation sites (tertiary alicyclic amines) is 1. The van der Waals surface area contributed by atoms with E-state index in [9.17, 15) is 27.5 Å². The van der Waals surface area contributed by atoms with Gasteiger partial charge in [-0.3, -0.25) is 0 Å². The highest BCUT2D eigenvalue weighted by Gasteiger charge is 2.44. The molecule has 2 aliphatic rings. The third-order valence-corrected chi connectivity index (χ3v) is 5.94. The molecule has 1 saturated carbocycles. The molecular formula is C20H23F4N5O3. The van der Waals surface area contributed by atoms with E-state index in [4.69, 9.17) is 4.74 Å². The van der Waals surface area contributed by atoms with Crippen LogP contribution in [0.1, 0.15) is 38.3 Å². The molecule has 2 fully saturated rings. The van der Waals surface area contributed by atoms with E-state index in [0.29, 0.717) is 25.2 Å². The van der Waals surface area contributed by atoms with Crippen LogP contribution < -0.4 is 10.1 Å². The number of benzene rings is 1. The predicted octanol–water partition coefficient (Wildman–Crippen LogP) is 4.61. The standard InChI is InChI=1S/C20H23F4N5O3/c1-10(2)29-18(32-13-5-6-15(21)14(7-13)20(22,23)24)26-17(27-29)25-16-11-3-4-12(16)9-28(8-11)19(30)31/h5-7,10-12,16H,3-4,8-9H2,1-2H3,(H,25,27)(H,30,31)/t11-,12+,16-. The molecule has 1 saturated heterocycles. The summed E-state index contributed by atoms with van der Waals surface area (Å²) in [5.74, 6) is -1.12. The lowest BCUT2D eigenvalue weighted by Crippen LogP contribution is -2.49. The number of carbonyl (C=O) groups is 1. The van der Waals surface area contributed by atoms with Gasteiger partial charge >= 0.3 is 18.3 Å². The summed E-state index contributed by atoms with van der Waals surface area (Å²) in [4.78, 5) is 17.0. The highest BCUT2D eigenvalue weighted by Crippen LogP contribution is 2.39. The first-order valence-electron chi connectivity index (χ1n) is 10.3. The van der Waals surface area contributed by atoms with Crippen LogP contribution in [0.5, 0.6) is 11.8 Å². The number of ether oxygens (including phenoxy) is 1. The number of amides is 1. The van der Waals surface area contributed by atoms with Gasteiger partial charge in [-0.15, -0.1) is 5.10 Å². The van der Waals surface area contributed by atoms with Crippen molar-refractivity contribution in [3.8, 4) is 11.8 Å². The number of nitrogens with zero attached hydrogens (tertiary/aromatic N) is 4. The topological polar surface area (TPSA) is 92.5 Å². The Balaban J connectivity index is 1.55. The number of hydrogen-bond acceptors (Lipinski definition) is 5. The van der Waals surface area contributed by atoms with Crippen LogP contribution in [0.15, 0.2) is 18.2 Å². The summed E-state index contributed by atoms with van der Waals surface area (Å²) in [6.45, 7) is 4.47. The van der Waals surface area contributed by atoms with Gasteiger partial charge in [0, 0.05) is 19.1 Å². The second kappa shape index (κ2) is 8.14. The first-order chi connectivity index (χ1) is 15.0. The third kappa shape index (κ3) is 4.30. The van der Waals surface area contributed by atoms with Crippen molar-refractivity contribution in [1.82, 2.24) is 19.7 Å². The summed E-state index contributed by atoms with van der Waals surface area (Å²) in [5.41, 5.74) is -1.43. The van der Waals surface area contributed by atoms with Gasteiger partial charge in [0.25, 0.3) is 0 Å². The van der Waals surface area contributed by atoms with Gasteiger partial charge in [0.05, 0.1) is 11.6 Å². The van der Waals surface area contributed by atoms with E-state index in [-0.39, 0.29) is 41.6 Å². The zero-order valence-corrected chi connectivity index (χ0v) is 17.4. The maximum absolute atomic E-state index is 13.6. The van der Waals surface area contributed by atoms with Gasteiger partial charge < -0.3 is 20.1 Å². The summed E-state index contributed by atoms with van der Waals surface area (Å²) in [5, 5.41) is 16.9. The average Bonchev–Trinajstić information content (AvgIpc) is 3.18. The minimum Gasteiger partial charge on any atom is -0.465 e. The fourth-order valence-corrected chi connectivity index (χ4v) is 4.43. The molecule has 174 valence electrons. The van der Waals surface area contributed by atoms with Gasteiger partial charge in [0.1, 0.15) is 11.6 Å². The van der Waals surface area contributed by atoms with Crippen molar-refractivity contribution >= 4 is 12.0 Å². The summed E-state index contributed by atoms with van der Waals surface area (Å²) in [7, 11) is 0. The number of rotatable bonds is 5. The van der Waals surface area contributed by atoms with Gasteiger partial charge in [0.2, 0.25) is 5.95 Å². The van der Waals surface area contributed by atoms with Crippen molar-refractivity contribution in [2.24, 2.45) is 11.8 Å². The van der Waals surface area contributed by atoms with Crippen LogP contribution >= 0.6 is 0 Å². The number of aromatic nitrogens is 3. The molecule has 32 heavy (non-hydrogen) atoms. The largest absolute Gasteiger partial charge is 0.465 e. The predicted molar refractivity (Wildman–Crippen MR) is 105 cm³/mol. The van der Waals surface area contributed by atoms with Crippen LogP contribution in [0.4, 0.5) is 28.3 Å². The molecule has 4 rings (SSSR count). The van der Waals surface area contributed by atoms with E-state index < -0.39 is 23.7 Å². The highest BCUT2D eigenvalue weighted by atomic mass is 19.4. The molecule has 1 aliphatic carbocycles. The average molecular weight is 457 g/mol. The Kier molecular flexibility index (Phi) is 5.63. The summed E-state index contributed by atoms with van der Waals surface area (Å²) in [6.07, 6.45) is -4.02. The minimum absolute atomic E-state index is 0.0101. The first-order valence-corrected chi connectivity index (χ1v) is 10.3. The molecule has 1 amide bonds. The van der Waals surface area contributed by atoms with E-state index in [1.807, 2.05) is 13.8 Å². The number of anilines is 1. The molecule has 0 radical (unpaired) electrons. The molecule has 8 nitrogen and oxygen atoms in total. The molecular weight excluding hydrogens is 434 g/mol. The molecule has 1 aromatic heterocycles. The first kappa shape index (κ1) is 22.2. The number of alkyl halides is 3. The zero-order valence-electron chi connectivity index (χ0n) is 17.4. The molecule has 12 heteroatoms. The molecule has 0 unspecified atom stereocenters. The highest BCUT2D eigenvalue weighted by molar-refractivity contribution is 5.65. The van der Waals surface area contributed by atoms with Crippen LogP contribution in [0.3, 0.4) is 0 Å². The van der Waals surface area contributed by atoms with E-state index in [0.717, 1.165) is 18.9 Å². The SMILES string of the molecule is CC(C)n1nc(N[C@@H]2[C@@H]3CC[C@H]2CN(C(=O)O)C3)nc1Oc1ccc(F)c(C(F)(F)F)c1. The maximum atomic E-state index is 13.6. The molecule has 2 heterocycles. The van der Waals surface area contributed by atoms with Gasteiger partial charge in [-0.05, 0) is 56.7 Å². The molecule has 2 bridgehead atoms. The molecule has 1 aliphatic heterocycles. The summed E-state index contributed by atoms with van der Waals surface area (Å²) < 4.78 is 59.6. The normalized spacial score (nSPS) is 23.0. The fraction of sp³-hybridized carbons (Fsp3) is 0.550. The Bertz CT molecular complexity index is 996. The molecule has 2 N–H and O–H groups in total. The maximum Gasteiger partial charge on any atom is 0.419 e. The molecule has 1 aromatic carbocycles. The fourth-order valence-electron chi connectivity index (χ4n) is 4.43. The van der Waals surface area contributed by atoms with Crippen LogP contribution in [0.2, 0.25) is 0 Å². The van der Waals surface area contributed by atoms with Crippen molar-refractivity contribution in [3.05, 3.63) is 29.6 Å². The van der Waals surface area contributed by atoms with E-state index in [1.165, 1.54) is 9.58 Å². The molecule has 0 spiro atoms. The van der Waals surface area contributed by atoms with Crippen LogP contribution in [-0.2, 0) is 6.18 Å². The number of halogens is 4. The lowest BCUT2D eigenvalue weighted by Gasteiger charge is -2.36. The van der Waals surface area contributed by atoms with Gasteiger partial charge in [-0.2, -0.15) is 18.2 Å². The van der Waals surface area contributed by atoms with E-state index in [2.05, 4.69) is 15.4 Å². The Morgan fingerprint density at radius 1 is 1.25 bits per heavy atom. The van der Waals surface area contributed by atoms with Crippen molar-refractivity contribution in [3.63, 3.8) is 0 Å². The quantitative estimate of drug-likeness (QED) is 0.637. The Morgan fingerprint density at radius 3 is 2.47 bits per heavy atom. The summed E-state index contributed by atoms with van der Waals surface area (Å²) >= 11 is 0. The molecule has 3 atom stereocenters. The Labute approximate surface area is 181 Å². The Hall–Kier alpha value is -3.05. The number of piperidine rings is 1. The van der Waals surface area contributed by atoms with Crippen molar-refractivity contribution < 1.29 is 32.2 Å². The number of fused-ring (bicyclic) bond motifs is 2. The van der Waals surface area contributed by atoms with Gasteiger partial charge in [-0.1, -0.05) is 0 Å². The molecule has 2 aromatic rings. The third-order valence-electron chi connectivity index (χ3n) is 5.94. The van der Waals surface area contributed by atoms with Crippen LogP contribution in [0.25, 0.3) is 0 Å². The van der Waals surface area contributed by atoms with Gasteiger partial charge in [0.15, 0.2) is 0 Å². The van der Waals surface area contributed by atoms with Crippen molar-refractivity contribution in [1.29, 1.82) is 0 Å². The Morgan fingerprint density at radius 2 is 1.91 bits per heavy atom. The number of nitrogens with one attached hydrogen (secondary N) is 1. The van der Waals surface area contributed by atoms with Crippen molar-refractivity contribution in [2.45, 2.75) is 44.9 Å². The van der Waals surface area contributed by atoms with E-state index in [1.54, 1.807) is 0 Å². The lowest BCUT2D eigenvalue weighted by atomic mass is 9.92. The number of hydrogen-bond donors (Lipinski definition) is 2.